The number of methoxy groups -OCH3 is 2. The number of alkyl halides is 3. The number of hydrogen-bond acceptors (Lipinski definition) is 5. The molecule has 0 saturated heterocycles. The molecule has 0 aromatic heterocycles. The first-order valence-electron chi connectivity index (χ1n) is 7.51. The second-order valence-corrected chi connectivity index (χ2v) is 6.97. The van der Waals surface area contributed by atoms with Gasteiger partial charge in [0.25, 0.3) is 0 Å². The van der Waals surface area contributed by atoms with Gasteiger partial charge in [-0.2, -0.15) is 17.9 Å². The van der Waals surface area contributed by atoms with Crippen LogP contribution in [0.4, 0.5) is 13.2 Å². The Morgan fingerprint density at radius 1 is 1.30 bits per heavy atom. The van der Waals surface area contributed by atoms with Crippen molar-refractivity contribution in [3.63, 3.8) is 0 Å². The number of rotatable bonds is 9. The maximum Gasteiger partial charge on any atom is 0.416 e. The number of nitrogens with one attached hydrogen (secondary N) is 2. The zero-order valence-electron chi connectivity index (χ0n) is 14.5. The minimum atomic E-state index is -4.71. The lowest BCUT2D eigenvalue weighted by Crippen LogP contribution is -2.48. The van der Waals surface area contributed by atoms with Gasteiger partial charge in [-0.25, -0.2) is 8.42 Å². The van der Waals surface area contributed by atoms with E-state index in [2.05, 4.69) is 11.2 Å². The molecule has 0 spiro atoms. The van der Waals surface area contributed by atoms with Gasteiger partial charge < -0.3 is 14.8 Å². The standard InChI is InChI=1S/C16H19F3N2O5S/c1-4-6-13(15(22)20-10-14(25-2)26-3)21-27(23,24)12-8-5-7-11(9-12)16(17,18)19/h1,5,7-9,13-14,21H,6,10H2,2-3H3,(H,20,22)/t13-/m1/s1. The van der Waals surface area contributed by atoms with E-state index in [1.54, 1.807) is 0 Å². The van der Waals surface area contributed by atoms with Crippen LogP contribution in [0.2, 0.25) is 0 Å². The van der Waals surface area contributed by atoms with E-state index < -0.39 is 44.9 Å². The normalized spacial score (nSPS) is 13.2. The maximum atomic E-state index is 12.8. The molecule has 1 aromatic rings. The van der Waals surface area contributed by atoms with Crippen molar-refractivity contribution in [2.45, 2.75) is 29.8 Å². The Bertz CT molecular complexity index is 786. The monoisotopic (exact) mass is 408 g/mol. The average Bonchev–Trinajstić information content (AvgIpc) is 2.61. The second-order valence-electron chi connectivity index (χ2n) is 5.25. The molecular weight excluding hydrogens is 389 g/mol. The molecule has 0 radical (unpaired) electrons. The van der Waals surface area contributed by atoms with Gasteiger partial charge in [0.2, 0.25) is 15.9 Å². The minimum absolute atomic E-state index is 0.0851. The predicted molar refractivity (Wildman–Crippen MR) is 89.8 cm³/mol. The molecule has 2 N–H and O–H groups in total. The number of ether oxygens (including phenoxy) is 2. The fraction of sp³-hybridized carbons (Fsp3) is 0.438. The highest BCUT2D eigenvalue weighted by molar-refractivity contribution is 7.89. The fourth-order valence-electron chi connectivity index (χ4n) is 1.97. The van der Waals surface area contributed by atoms with Crippen LogP contribution in [-0.2, 0) is 30.5 Å². The van der Waals surface area contributed by atoms with Crippen LogP contribution < -0.4 is 10.0 Å². The topological polar surface area (TPSA) is 93.7 Å². The summed E-state index contributed by atoms with van der Waals surface area (Å²) in [5, 5.41) is 2.39. The number of terminal acetylenes is 1. The summed E-state index contributed by atoms with van der Waals surface area (Å²) in [5.74, 6) is 1.37. The SMILES string of the molecule is C#CC[C@@H](NS(=O)(=O)c1cccc(C(F)(F)F)c1)C(=O)NCC(OC)OC. The highest BCUT2D eigenvalue weighted by Gasteiger charge is 2.32. The van der Waals surface area contributed by atoms with Gasteiger partial charge in [-0.15, -0.1) is 12.3 Å². The van der Waals surface area contributed by atoms with E-state index in [1.807, 2.05) is 4.72 Å². The Morgan fingerprint density at radius 2 is 1.93 bits per heavy atom. The maximum absolute atomic E-state index is 12.8. The third-order valence-electron chi connectivity index (χ3n) is 3.38. The average molecular weight is 408 g/mol. The first-order chi connectivity index (χ1) is 12.5. The van der Waals surface area contributed by atoms with E-state index in [4.69, 9.17) is 15.9 Å². The van der Waals surface area contributed by atoms with E-state index in [9.17, 15) is 26.4 Å². The molecule has 150 valence electrons. The van der Waals surface area contributed by atoms with Crippen LogP contribution >= 0.6 is 0 Å². The molecule has 0 aliphatic carbocycles. The molecule has 0 unspecified atom stereocenters. The molecule has 0 bridgehead atoms. The molecular formula is C16H19F3N2O5S. The fourth-order valence-corrected chi connectivity index (χ4v) is 3.21. The summed E-state index contributed by atoms with van der Waals surface area (Å²) in [4.78, 5) is 11.5. The van der Waals surface area contributed by atoms with Crippen molar-refractivity contribution in [1.29, 1.82) is 0 Å². The molecule has 7 nitrogen and oxygen atoms in total. The number of carbonyl (C=O) groups is 1. The van der Waals surface area contributed by atoms with Crippen molar-refractivity contribution < 1.29 is 35.9 Å². The summed E-state index contributed by atoms with van der Waals surface area (Å²) in [7, 11) is -1.74. The molecule has 11 heteroatoms. The summed E-state index contributed by atoms with van der Waals surface area (Å²) in [6, 6.07) is 1.76. The Balaban J connectivity index is 2.98. The molecule has 0 heterocycles. The van der Waals surface area contributed by atoms with E-state index >= 15 is 0 Å². The Hall–Kier alpha value is -2.13. The molecule has 0 saturated carbocycles. The van der Waals surface area contributed by atoms with Crippen molar-refractivity contribution >= 4 is 15.9 Å². The van der Waals surface area contributed by atoms with Crippen LogP contribution in [0, 0.1) is 12.3 Å². The Labute approximate surface area is 155 Å². The van der Waals surface area contributed by atoms with Crippen molar-refractivity contribution in [2.75, 3.05) is 20.8 Å². The van der Waals surface area contributed by atoms with Gasteiger partial charge >= 0.3 is 6.18 Å². The van der Waals surface area contributed by atoms with E-state index in [0.717, 1.165) is 18.2 Å². The van der Waals surface area contributed by atoms with E-state index in [1.165, 1.54) is 14.2 Å². The molecule has 1 aromatic carbocycles. The van der Waals surface area contributed by atoms with Crippen molar-refractivity contribution in [3.8, 4) is 12.3 Å². The van der Waals surface area contributed by atoms with Gasteiger partial charge in [-0.05, 0) is 18.2 Å². The van der Waals surface area contributed by atoms with Crippen LogP contribution in [0.5, 0.6) is 0 Å². The lowest BCUT2D eigenvalue weighted by Gasteiger charge is -2.19. The van der Waals surface area contributed by atoms with Gasteiger partial charge in [-0.1, -0.05) is 6.07 Å². The van der Waals surface area contributed by atoms with Gasteiger partial charge in [0, 0.05) is 20.6 Å². The molecule has 1 amide bonds. The van der Waals surface area contributed by atoms with Gasteiger partial charge in [0.1, 0.15) is 6.04 Å². The van der Waals surface area contributed by atoms with Crippen LogP contribution in [0.1, 0.15) is 12.0 Å². The molecule has 1 atom stereocenters. The van der Waals surface area contributed by atoms with Gasteiger partial charge in [0.15, 0.2) is 6.29 Å². The Kier molecular flexibility index (Phi) is 8.23. The summed E-state index contributed by atoms with van der Waals surface area (Å²) >= 11 is 0. The summed E-state index contributed by atoms with van der Waals surface area (Å²) in [6.45, 7) is -0.0851. The minimum Gasteiger partial charge on any atom is -0.354 e. The third-order valence-corrected chi connectivity index (χ3v) is 4.85. The number of halogens is 3. The number of sulfonamides is 1. The van der Waals surface area contributed by atoms with Crippen LogP contribution in [-0.4, -0.2) is 47.4 Å². The second kappa shape index (κ2) is 9.70. The van der Waals surface area contributed by atoms with Gasteiger partial charge in [0.05, 0.1) is 17.0 Å². The lowest BCUT2D eigenvalue weighted by atomic mass is 10.2. The van der Waals surface area contributed by atoms with Gasteiger partial charge in [-0.3, -0.25) is 4.79 Å². The van der Waals surface area contributed by atoms with Crippen LogP contribution in [0.25, 0.3) is 0 Å². The van der Waals surface area contributed by atoms with E-state index in [-0.39, 0.29) is 13.0 Å². The van der Waals surface area contributed by atoms with Crippen molar-refractivity contribution in [3.05, 3.63) is 29.8 Å². The van der Waals surface area contributed by atoms with Crippen molar-refractivity contribution in [1.82, 2.24) is 10.0 Å². The smallest absolute Gasteiger partial charge is 0.354 e. The highest BCUT2D eigenvalue weighted by Crippen LogP contribution is 2.30. The summed E-state index contributed by atoms with van der Waals surface area (Å²) < 4.78 is 74.9. The third kappa shape index (κ3) is 6.84. The van der Waals surface area contributed by atoms with E-state index in [0.29, 0.717) is 6.07 Å². The number of amides is 1. The van der Waals surface area contributed by atoms with Crippen LogP contribution in [0.3, 0.4) is 0 Å². The largest absolute Gasteiger partial charge is 0.416 e. The van der Waals surface area contributed by atoms with Crippen molar-refractivity contribution in [2.24, 2.45) is 0 Å². The summed E-state index contributed by atoms with van der Waals surface area (Å²) in [6.07, 6.45) is -0.635. The molecule has 27 heavy (non-hydrogen) atoms. The molecule has 1 rings (SSSR count). The number of carbonyl (C=O) groups excluding carboxylic acids is 1. The first kappa shape index (κ1) is 22.9. The molecule has 0 fully saturated rings. The number of hydrogen-bond donors (Lipinski definition) is 2. The molecule has 0 aliphatic rings. The molecule has 0 aliphatic heterocycles. The van der Waals surface area contributed by atoms with Crippen LogP contribution in [0.15, 0.2) is 29.2 Å². The summed E-state index contributed by atoms with van der Waals surface area (Å²) in [5.41, 5.74) is -1.13. The highest BCUT2D eigenvalue weighted by atomic mass is 32.2. The first-order valence-corrected chi connectivity index (χ1v) is 8.99. The lowest BCUT2D eigenvalue weighted by molar-refractivity contribution is -0.137. The zero-order valence-corrected chi connectivity index (χ0v) is 15.4. The Morgan fingerprint density at radius 3 is 2.44 bits per heavy atom. The zero-order chi connectivity index (χ0) is 20.7. The quantitative estimate of drug-likeness (QED) is 0.472. The predicted octanol–water partition coefficient (Wildman–Crippen LogP) is 1.11. The number of benzene rings is 1.